The van der Waals surface area contributed by atoms with Crippen LogP contribution in [0.15, 0.2) is 93.8 Å². The number of aliphatic hydroxyl groups is 1. The monoisotopic (exact) mass is 540 g/mol. The van der Waals surface area contributed by atoms with E-state index in [1.807, 2.05) is 6.07 Å². The van der Waals surface area contributed by atoms with E-state index in [1.165, 1.54) is 17.0 Å². The van der Waals surface area contributed by atoms with Gasteiger partial charge in [0, 0.05) is 16.6 Å². The second-order valence-corrected chi connectivity index (χ2v) is 10.3. The van der Waals surface area contributed by atoms with Gasteiger partial charge in [0.15, 0.2) is 0 Å². The summed E-state index contributed by atoms with van der Waals surface area (Å²) in [6, 6.07) is 21.2. The van der Waals surface area contributed by atoms with E-state index >= 15 is 0 Å². The lowest BCUT2D eigenvalue weighted by Gasteiger charge is -2.25. The Hall–Kier alpha value is -3.27. The molecular weight excluding hydrogens is 520 g/mol. The number of hydrogen-bond acceptors (Lipinski definition) is 5. The molecule has 1 unspecified atom stereocenters. The number of ketones is 1. The van der Waals surface area contributed by atoms with Crippen LogP contribution in [-0.4, -0.2) is 36.7 Å². The molecule has 34 heavy (non-hydrogen) atoms. The van der Waals surface area contributed by atoms with Crippen molar-refractivity contribution in [2.24, 2.45) is 5.14 Å². The van der Waals surface area contributed by atoms with Gasteiger partial charge in [0.25, 0.3) is 11.7 Å². The fraction of sp³-hybridized carbons (Fsp3) is 0.120. The molecule has 1 atom stereocenters. The van der Waals surface area contributed by atoms with E-state index in [0.717, 1.165) is 10.0 Å². The second kappa shape index (κ2) is 9.54. The van der Waals surface area contributed by atoms with Crippen molar-refractivity contribution in [3.8, 4) is 0 Å². The Balaban J connectivity index is 1.70. The summed E-state index contributed by atoms with van der Waals surface area (Å²) < 4.78 is 23.8. The number of halogens is 1. The molecule has 4 rings (SSSR count). The fourth-order valence-corrected chi connectivity index (χ4v) is 4.73. The maximum Gasteiger partial charge on any atom is 0.295 e. The van der Waals surface area contributed by atoms with Gasteiger partial charge in [-0.1, -0.05) is 70.5 Å². The van der Waals surface area contributed by atoms with E-state index in [-0.39, 0.29) is 22.8 Å². The van der Waals surface area contributed by atoms with Crippen LogP contribution in [0.25, 0.3) is 5.76 Å². The molecule has 1 aliphatic rings. The largest absolute Gasteiger partial charge is 0.507 e. The molecule has 0 radical (unpaired) electrons. The third-order valence-electron chi connectivity index (χ3n) is 5.67. The first kappa shape index (κ1) is 23.9. The van der Waals surface area contributed by atoms with E-state index in [4.69, 9.17) is 5.14 Å². The average molecular weight is 541 g/mol. The lowest BCUT2D eigenvalue weighted by Crippen LogP contribution is -2.31. The zero-order valence-corrected chi connectivity index (χ0v) is 20.3. The third kappa shape index (κ3) is 4.82. The summed E-state index contributed by atoms with van der Waals surface area (Å²) in [6.07, 6.45) is 0.375. The van der Waals surface area contributed by atoms with Crippen molar-refractivity contribution in [1.29, 1.82) is 0 Å². The van der Waals surface area contributed by atoms with Crippen LogP contribution >= 0.6 is 15.9 Å². The Morgan fingerprint density at radius 2 is 1.56 bits per heavy atom. The molecule has 0 saturated carbocycles. The molecular formula is C25H21BrN2O5S. The molecule has 0 spiro atoms. The van der Waals surface area contributed by atoms with E-state index in [0.29, 0.717) is 17.5 Å². The molecule has 1 heterocycles. The fourth-order valence-electron chi connectivity index (χ4n) is 3.95. The molecule has 1 saturated heterocycles. The normalized spacial score (nSPS) is 17.8. The molecule has 0 aliphatic carbocycles. The van der Waals surface area contributed by atoms with E-state index in [1.54, 1.807) is 60.7 Å². The number of likely N-dealkylation sites (tertiary alicyclic amines) is 1. The smallest absolute Gasteiger partial charge is 0.295 e. The standard InChI is InChI=1S/C25H21BrN2O5S/c26-19-10-8-18(9-11-19)23(29)21-22(17-4-2-1-3-5-17)28(25(31)24(21)30)15-14-16-6-12-20(13-7-16)34(27,32)33/h1-13,22,29H,14-15H2,(H2,27,32,33). The number of carbonyl (C=O) groups is 2. The molecule has 1 amide bonds. The zero-order chi connectivity index (χ0) is 24.5. The predicted octanol–water partition coefficient (Wildman–Crippen LogP) is 3.76. The molecule has 9 heteroatoms. The third-order valence-corrected chi connectivity index (χ3v) is 7.12. The predicted molar refractivity (Wildman–Crippen MR) is 131 cm³/mol. The van der Waals surface area contributed by atoms with Crippen molar-refractivity contribution < 1.29 is 23.1 Å². The highest BCUT2D eigenvalue weighted by atomic mass is 79.9. The zero-order valence-electron chi connectivity index (χ0n) is 17.9. The number of carbonyl (C=O) groups excluding carboxylic acids is 2. The van der Waals surface area contributed by atoms with Crippen LogP contribution in [0.1, 0.15) is 22.7 Å². The van der Waals surface area contributed by atoms with Gasteiger partial charge in [-0.25, -0.2) is 13.6 Å². The minimum Gasteiger partial charge on any atom is -0.507 e. The Morgan fingerprint density at radius 3 is 2.15 bits per heavy atom. The summed E-state index contributed by atoms with van der Waals surface area (Å²) >= 11 is 3.35. The minimum atomic E-state index is -3.80. The first-order chi connectivity index (χ1) is 16.2. The number of Topliss-reactive ketones (excluding diaryl/α,β-unsaturated/α-hetero) is 1. The maximum absolute atomic E-state index is 13.0. The Bertz CT molecular complexity index is 1370. The number of rotatable bonds is 6. The summed E-state index contributed by atoms with van der Waals surface area (Å²) in [6.45, 7) is 0.190. The number of sulfonamides is 1. The van der Waals surface area contributed by atoms with Gasteiger partial charge < -0.3 is 10.0 Å². The lowest BCUT2D eigenvalue weighted by atomic mass is 9.95. The van der Waals surface area contributed by atoms with Gasteiger partial charge >= 0.3 is 0 Å². The topological polar surface area (TPSA) is 118 Å². The van der Waals surface area contributed by atoms with Gasteiger partial charge in [-0.05, 0) is 41.8 Å². The van der Waals surface area contributed by atoms with Crippen LogP contribution in [0.5, 0.6) is 0 Å². The van der Waals surface area contributed by atoms with Crippen LogP contribution < -0.4 is 5.14 Å². The van der Waals surface area contributed by atoms with Crippen molar-refractivity contribution in [3.05, 3.63) is 106 Å². The average Bonchev–Trinajstić information content (AvgIpc) is 3.08. The van der Waals surface area contributed by atoms with Crippen molar-refractivity contribution in [3.63, 3.8) is 0 Å². The highest BCUT2D eigenvalue weighted by Gasteiger charge is 2.45. The molecule has 0 aromatic heterocycles. The van der Waals surface area contributed by atoms with Gasteiger partial charge in [-0.15, -0.1) is 0 Å². The van der Waals surface area contributed by atoms with Gasteiger partial charge in [0.1, 0.15) is 5.76 Å². The Labute approximate surface area is 205 Å². The number of benzene rings is 3. The number of nitrogens with zero attached hydrogens (tertiary/aromatic N) is 1. The molecule has 174 valence electrons. The quantitative estimate of drug-likeness (QED) is 0.280. The minimum absolute atomic E-state index is 0.00419. The highest BCUT2D eigenvalue weighted by Crippen LogP contribution is 2.39. The molecule has 3 aromatic rings. The highest BCUT2D eigenvalue weighted by molar-refractivity contribution is 9.10. The van der Waals surface area contributed by atoms with Gasteiger partial charge in [-0.2, -0.15) is 0 Å². The SMILES string of the molecule is NS(=O)(=O)c1ccc(CCN2C(=O)C(=O)C(=C(O)c3ccc(Br)cc3)C2c2ccccc2)cc1. The summed E-state index contributed by atoms with van der Waals surface area (Å²) in [5, 5.41) is 16.2. The van der Waals surface area contributed by atoms with Crippen LogP contribution in [-0.2, 0) is 26.0 Å². The van der Waals surface area contributed by atoms with Crippen LogP contribution in [0.4, 0.5) is 0 Å². The molecule has 1 aliphatic heterocycles. The molecule has 7 nitrogen and oxygen atoms in total. The molecule has 3 N–H and O–H groups in total. The van der Waals surface area contributed by atoms with Crippen molar-refractivity contribution in [1.82, 2.24) is 4.90 Å². The first-order valence-corrected chi connectivity index (χ1v) is 12.7. The number of hydrogen-bond donors (Lipinski definition) is 2. The Kier molecular flexibility index (Phi) is 6.70. The molecule has 1 fully saturated rings. The van der Waals surface area contributed by atoms with Gasteiger partial charge in [-0.3, -0.25) is 9.59 Å². The molecule has 3 aromatic carbocycles. The number of amides is 1. The Morgan fingerprint density at radius 1 is 0.941 bits per heavy atom. The first-order valence-electron chi connectivity index (χ1n) is 10.4. The van der Waals surface area contributed by atoms with E-state index < -0.39 is 27.8 Å². The lowest BCUT2D eigenvalue weighted by molar-refractivity contribution is -0.139. The van der Waals surface area contributed by atoms with Crippen LogP contribution in [0.3, 0.4) is 0 Å². The van der Waals surface area contributed by atoms with Crippen molar-refractivity contribution in [2.75, 3.05) is 6.54 Å². The number of aliphatic hydroxyl groups excluding tert-OH is 1. The number of nitrogens with two attached hydrogens (primary N) is 1. The molecule has 0 bridgehead atoms. The van der Waals surface area contributed by atoms with Crippen LogP contribution in [0.2, 0.25) is 0 Å². The van der Waals surface area contributed by atoms with Gasteiger partial charge in [0.05, 0.1) is 16.5 Å². The second-order valence-electron chi connectivity index (χ2n) is 7.85. The summed E-state index contributed by atoms with van der Waals surface area (Å²) in [5.74, 6) is -1.69. The summed E-state index contributed by atoms with van der Waals surface area (Å²) in [5.41, 5.74) is 1.93. The van der Waals surface area contributed by atoms with Crippen molar-refractivity contribution >= 4 is 43.4 Å². The van der Waals surface area contributed by atoms with Crippen molar-refractivity contribution in [2.45, 2.75) is 17.4 Å². The maximum atomic E-state index is 13.0. The van der Waals surface area contributed by atoms with E-state index in [9.17, 15) is 23.1 Å². The van der Waals surface area contributed by atoms with Crippen LogP contribution in [0, 0.1) is 0 Å². The summed E-state index contributed by atoms with van der Waals surface area (Å²) in [4.78, 5) is 27.5. The summed E-state index contributed by atoms with van der Waals surface area (Å²) in [7, 11) is -3.80. The van der Waals surface area contributed by atoms with Gasteiger partial charge in [0.2, 0.25) is 10.0 Å². The van der Waals surface area contributed by atoms with E-state index in [2.05, 4.69) is 15.9 Å². The number of primary sulfonamides is 1.